The molecule has 1 aromatic heterocycles. The largest absolute Gasteiger partial charge is 0.241 e. The average Bonchev–Trinajstić information content (AvgIpc) is 3.15. The predicted molar refractivity (Wildman–Crippen MR) is 133 cm³/mol. The molecule has 2 fully saturated rings. The topological polar surface area (TPSA) is 12.9 Å². The quantitative estimate of drug-likeness (QED) is 0.422. The minimum atomic E-state index is 0.721. The number of fused-ring (bicyclic) bond motifs is 1. The number of nitrogens with zero attached hydrogens (tertiary/aromatic N) is 1. The maximum Gasteiger partial charge on any atom is 0.0908 e. The molecular formula is C28H41NS. The minimum absolute atomic E-state index is 0.721. The summed E-state index contributed by atoms with van der Waals surface area (Å²) in [7, 11) is 0. The summed E-state index contributed by atoms with van der Waals surface area (Å²) in [6.45, 7) is 9.17. The second-order valence-corrected chi connectivity index (χ2v) is 11.4. The maximum atomic E-state index is 5.08. The minimum Gasteiger partial charge on any atom is -0.241 e. The highest BCUT2D eigenvalue weighted by atomic mass is 32.1. The third-order valence-electron chi connectivity index (χ3n) is 8.15. The molecule has 2 aliphatic carbocycles. The summed E-state index contributed by atoms with van der Waals surface area (Å²) in [6.07, 6.45) is 18.3. The molecule has 1 atom stereocenters. The van der Waals surface area contributed by atoms with Crippen LogP contribution in [0.15, 0.2) is 24.3 Å². The predicted octanol–water partition coefficient (Wildman–Crippen LogP) is 9.16. The van der Waals surface area contributed by atoms with Crippen molar-refractivity contribution in [3.63, 3.8) is 0 Å². The molecule has 0 bridgehead atoms. The third kappa shape index (κ3) is 4.69. The Kier molecular flexibility index (Phi) is 7.34. The van der Waals surface area contributed by atoms with Gasteiger partial charge in [-0.05, 0) is 106 Å². The van der Waals surface area contributed by atoms with E-state index in [1.165, 1.54) is 79.4 Å². The molecule has 0 amide bonds. The van der Waals surface area contributed by atoms with Gasteiger partial charge in [0.15, 0.2) is 0 Å². The zero-order valence-corrected chi connectivity index (χ0v) is 20.4. The number of rotatable bonds is 6. The molecule has 0 radical (unpaired) electrons. The van der Waals surface area contributed by atoms with Gasteiger partial charge in [0, 0.05) is 0 Å². The zero-order valence-electron chi connectivity index (χ0n) is 19.6. The summed E-state index contributed by atoms with van der Waals surface area (Å²) < 4.78 is 1.51. The Bertz CT molecular complexity index is 847. The van der Waals surface area contributed by atoms with E-state index in [0.717, 1.165) is 29.6 Å². The van der Waals surface area contributed by atoms with Gasteiger partial charge in [0.05, 0.1) is 15.2 Å². The molecule has 164 valence electrons. The van der Waals surface area contributed by atoms with Crippen molar-refractivity contribution in [2.24, 2.45) is 17.8 Å². The molecule has 2 heteroatoms. The molecule has 1 nitrogen and oxygen atoms in total. The van der Waals surface area contributed by atoms with E-state index in [9.17, 15) is 0 Å². The van der Waals surface area contributed by atoms with E-state index in [1.54, 1.807) is 11.1 Å². The second kappa shape index (κ2) is 9.98. The maximum absolute atomic E-state index is 5.08. The summed E-state index contributed by atoms with van der Waals surface area (Å²) >= 11 is 1.95. The van der Waals surface area contributed by atoms with Crippen LogP contribution in [0.25, 0.3) is 10.2 Å². The zero-order chi connectivity index (χ0) is 21.1. The Labute approximate surface area is 188 Å². The standard InChI is InChI=1S/C28H41NS/c1-5-7-19(3)22-13-15-23(16-14-22)25-17-18-26(28-27(25)29-20(4)30-28)24-11-9-21(8-6-2)10-12-24/h6,8,17-19,21-24H,5,7,9-16H2,1-4H3/b8-6+. The van der Waals surface area contributed by atoms with E-state index >= 15 is 0 Å². The molecule has 2 aromatic rings. The van der Waals surface area contributed by atoms with Crippen LogP contribution in [0, 0.1) is 24.7 Å². The van der Waals surface area contributed by atoms with Gasteiger partial charge in [-0.15, -0.1) is 11.3 Å². The fraction of sp³-hybridized carbons (Fsp3) is 0.679. The van der Waals surface area contributed by atoms with Crippen molar-refractivity contribution in [3.05, 3.63) is 40.4 Å². The highest BCUT2D eigenvalue weighted by molar-refractivity contribution is 7.18. The van der Waals surface area contributed by atoms with Crippen molar-refractivity contribution in [3.8, 4) is 0 Å². The van der Waals surface area contributed by atoms with E-state index in [-0.39, 0.29) is 0 Å². The van der Waals surface area contributed by atoms with Crippen molar-refractivity contribution < 1.29 is 0 Å². The van der Waals surface area contributed by atoms with Crippen LogP contribution in [0.2, 0.25) is 0 Å². The Morgan fingerprint density at radius 3 is 2.30 bits per heavy atom. The Morgan fingerprint density at radius 2 is 1.63 bits per heavy atom. The van der Waals surface area contributed by atoms with E-state index in [0.29, 0.717) is 0 Å². The molecule has 2 aliphatic rings. The van der Waals surface area contributed by atoms with Crippen molar-refractivity contribution >= 4 is 21.6 Å². The first-order chi connectivity index (χ1) is 14.6. The summed E-state index contributed by atoms with van der Waals surface area (Å²) in [5.74, 6) is 4.10. The number of aromatic nitrogens is 1. The molecule has 0 N–H and O–H groups in total. The van der Waals surface area contributed by atoms with Crippen molar-refractivity contribution in [2.45, 2.75) is 104 Å². The van der Waals surface area contributed by atoms with Crippen LogP contribution < -0.4 is 0 Å². The smallest absolute Gasteiger partial charge is 0.0908 e. The molecule has 1 heterocycles. The van der Waals surface area contributed by atoms with Crippen LogP contribution in [0.3, 0.4) is 0 Å². The van der Waals surface area contributed by atoms with Gasteiger partial charge in [0.2, 0.25) is 0 Å². The van der Waals surface area contributed by atoms with Gasteiger partial charge in [-0.25, -0.2) is 4.98 Å². The van der Waals surface area contributed by atoms with Crippen LogP contribution in [-0.2, 0) is 0 Å². The summed E-state index contributed by atoms with van der Waals surface area (Å²) in [6, 6.07) is 4.98. The lowest BCUT2D eigenvalue weighted by atomic mass is 9.72. The molecule has 0 spiro atoms. The molecule has 1 unspecified atom stereocenters. The number of allylic oxidation sites excluding steroid dienone is 2. The number of hydrogen-bond donors (Lipinski definition) is 0. The number of thiazole rings is 1. The van der Waals surface area contributed by atoms with Gasteiger partial charge in [0.25, 0.3) is 0 Å². The monoisotopic (exact) mass is 423 g/mol. The summed E-state index contributed by atoms with van der Waals surface area (Å²) in [5, 5.41) is 1.24. The van der Waals surface area contributed by atoms with E-state index in [4.69, 9.17) is 4.98 Å². The Balaban J connectivity index is 1.52. The first-order valence-electron chi connectivity index (χ1n) is 12.6. The third-order valence-corrected chi connectivity index (χ3v) is 9.17. The lowest BCUT2D eigenvalue weighted by Crippen LogP contribution is -2.19. The fourth-order valence-electron chi connectivity index (χ4n) is 6.39. The van der Waals surface area contributed by atoms with Gasteiger partial charge < -0.3 is 0 Å². The van der Waals surface area contributed by atoms with Gasteiger partial charge in [0.1, 0.15) is 0 Å². The lowest BCUT2D eigenvalue weighted by Gasteiger charge is -2.33. The van der Waals surface area contributed by atoms with E-state index < -0.39 is 0 Å². The van der Waals surface area contributed by atoms with Gasteiger partial charge in [-0.1, -0.05) is 51.0 Å². The van der Waals surface area contributed by atoms with E-state index in [1.807, 2.05) is 11.3 Å². The van der Waals surface area contributed by atoms with Gasteiger partial charge in [-0.2, -0.15) is 0 Å². The summed E-state index contributed by atoms with van der Waals surface area (Å²) in [4.78, 5) is 5.08. The van der Waals surface area contributed by atoms with Crippen LogP contribution in [0.5, 0.6) is 0 Å². The first kappa shape index (κ1) is 22.1. The highest BCUT2D eigenvalue weighted by Gasteiger charge is 2.29. The summed E-state index contributed by atoms with van der Waals surface area (Å²) in [5.41, 5.74) is 4.52. The molecular weight excluding hydrogens is 382 g/mol. The SMILES string of the molecule is C/C=C/C1CCC(c2ccc(C3CCC(C(C)CCC)CC3)c3nc(C)sc23)CC1. The number of benzene rings is 1. The molecule has 0 aliphatic heterocycles. The van der Waals surface area contributed by atoms with Crippen molar-refractivity contribution in [2.75, 3.05) is 0 Å². The van der Waals surface area contributed by atoms with Crippen LogP contribution in [0.1, 0.15) is 113 Å². The Hall–Kier alpha value is -1.15. The lowest BCUT2D eigenvalue weighted by molar-refractivity contribution is 0.235. The first-order valence-corrected chi connectivity index (χ1v) is 13.4. The average molecular weight is 424 g/mol. The van der Waals surface area contributed by atoms with Gasteiger partial charge in [-0.3, -0.25) is 0 Å². The van der Waals surface area contributed by atoms with Crippen molar-refractivity contribution in [1.82, 2.24) is 4.98 Å². The second-order valence-electron chi connectivity index (χ2n) is 10.2. The molecule has 1 aromatic carbocycles. The molecule has 4 rings (SSSR count). The van der Waals surface area contributed by atoms with Crippen LogP contribution >= 0.6 is 11.3 Å². The fourth-order valence-corrected chi connectivity index (χ4v) is 7.43. The highest BCUT2D eigenvalue weighted by Crippen LogP contribution is 2.45. The van der Waals surface area contributed by atoms with Crippen LogP contribution in [0.4, 0.5) is 0 Å². The number of hydrogen-bond acceptors (Lipinski definition) is 2. The van der Waals surface area contributed by atoms with Crippen LogP contribution in [-0.4, -0.2) is 4.98 Å². The normalized spacial score (nSPS) is 28.9. The molecule has 0 saturated heterocycles. The van der Waals surface area contributed by atoms with Gasteiger partial charge >= 0.3 is 0 Å². The molecule has 2 saturated carbocycles. The van der Waals surface area contributed by atoms with E-state index in [2.05, 4.69) is 52.0 Å². The van der Waals surface area contributed by atoms with Crippen molar-refractivity contribution in [1.29, 1.82) is 0 Å². The number of aryl methyl sites for hydroxylation is 1. The Morgan fingerprint density at radius 1 is 1.00 bits per heavy atom. The molecule has 30 heavy (non-hydrogen) atoms.